The van der Waals surface area contributed by atoms with E-state index in [0.717, 1.165) is 42.0 Å². The zero-order chi connectivity index (χ0) is 16.3. The van der Waals surface area contributed by atoms with Crippen molar-refractivity contribution in [2.75, 3.05) is 12.3 Å². The van der Waals surface area contributed by atoms with Crippen LogP contribution in [0.15, 0.2) is 42.5 Å². The molecule has 1 saturated carbocycles. The van der Waals surface area contributed by atoms with Gasteiger partial charge in [-0.05, 0) is 41.2 Å². The molecule has 1 atom stereocenters. The van der Waals surface area contributed by atoms with E-state index in [1.807, 2.05) is 42.5 Å². The first-order valence-electron chi connectivity index (χ1n) is 8.26. The van der Waals surface area contributed by atoms with Gasteiger partial charge in [0, 0.05) is 6.54 Å². The van der Waals surface area contributed by atoms with Crippen LogP contribution >= 0.6 is 0 Å². The van der Waals surface area contributed by atoms with Gasteiger partial charge in [0.2, 0.25) is 10.0 Å². The van der Waals surface area contributed by atoms with E-state index in [1.54, 1.807) is 0 Å². The maximum absolute atomic E-state index is 12.4. The van der Waals surface area contributed by atoms with E-state index in [2.05, 4.69) is 4.72 Å². The Morgan fingerprint density at radius 1 is 1.09 bits per heavy atom. The third-order valence-electron chi connectivity index (χ3n) is 4.66. The number of sulfonamides is 1. The van der Waals surface area contributed by atoms with Crippen LogP contribution in [-0.2, 0) is 10.0 Å². The van der Waals surface area contributed by atoms with Gasteiger partial charge in [-0.1, -0.05) is 49.2 Å². The summed E-state index contributed by atoms with van der Waals surface area (Å²) in [5, 5.41) is 2.24. The summed E-state index contributed by atoms with van der Waals surface area (Å²) < 4.78 is 27.7. The van der Waals surface area contributed by atoms with Gasteiger partial charge in [-0.15, -0.1) is 0 Å². The van der Waals surface area contributed by atoms with Gasteiger partial charge in [-0.3, -0.25) is 0 Å². The van der Waals surface area contributed by atoms with Crippen molar-refractivity contribution in [3.63, 3.8) is 0 Å². The highest BCUT2D eigenvalue weighted by molar-refractivity contribution is 7.89. The summed E-state index contributed by atoms with van der Waals surface area (Å²) in [4.78, 5) is 0. The number of hydrogen-bond donors (Lipinski definition) is 2. The molecule has 0 spiro atoms. The molecule has 0 heterocycles. The summed E-state index contributed by atoms with van der Waals surface area (Å²) >= 11 is 0. The Morgan fingerprint density at radius 2 is 1.78 bits per heavy atom. The summed E-state index contributed by atoms with van der Waals surface area (Å²) in [5.74, 6) is 0.513. The summed E-state index contributed by atoms with van der Waals surface area (Å²) in [6, 6.07) is 13.7. The Kier molecular flexibility index (Phi) is 4.99. The lowest BCUT2D eigenvalue weighted by atomic mass is 10.0. The summed E-state index contributed by atoms with van der Waals surface area (Å²) in [5.41, 5.74) is 6.76. The Labute approximate surface area is 138 Å². The third-order valence-corrected chi connectivity index (χ3v) is 6.22. The number of fused-ring (bicyclic) bond motifs is 1. The maximum Gasteiger partial charge on any atom is 0.212 e. The molecule has 3 N–H and O–H groups in total. The average Bonchev–Trinajstić information content (AvgIpc) is 3.04. The van der Waals surface area contributed by atoms with Crippen molar-refractivity contribution in [1.82, 2.24) is 4.72 Å². The van der Waals surface area contributed by atoms with Crippen LogP contribution in [-0.4, -0.2) is 20.7 Å². The molecule has 23 heavy (non-hydrogen) atoms. The number of benzene rings is 2. The fourth-order valence-corrected chi connectivity index (χ4v) is 5.14. The quantitative estimate of drug-likeness (QED) is 0.854. The number of rotatable bonds is 6. The molecular weight excluding hydrogens is 308 g/mol. The molecule has 5 heteroatoms. The van der Waals surface area contributed by atoms with Gasteiger partial charge in [0.15, 0.2) is 0 Å². The Balaban J connectivity index is 1.77. The van der Waals surface area contributed by atoms with Gasteiger partial charge < -0.3 is 5.73 Å². The molecule has 1 unspecified atom stereocenters. The smallest absolute Gasteiger partial charge is 0.212 e. The molecule has 0 amide bonds. The summed E-state index contributed by atoms with van der Waals surface area (Å²) in [6.45, 7) is 0.252. The van der Waals surface area contributed by atoms with Crippen molar-refractivity contribution in [2.45, 2.75) is 31.7 Å². The molecule has 1 fully saturated rings. The van der Waals surface area contributed by atoms with Crippen LogP contribution < -0.4 is 10.5 Å². The molecule has 1 aliphatic rings. The average molecular weight is 332 g/mol. The molecule has 0 aromatic heterocycles. The van der Waals surface area contributed by atoms with Gasteiger partial charge in [0.25, 0.3) is 0 Å². The first-order valence-corrected chi connectivity index (χ1v) is 9.91. The minimum atomic E-state index is -3.31. The van der Waals surface area contributed by atoms with E-state index >= 15 is 0 Å². The fraction of sp³-hybridized carbons (Fsp3) is 0.444. The molecule has 0 radical (unpaired) electrons. The van der Waals surface area contributed by atoms with Crippen LogP contribution in [0.4, 0.5) is 0 Å². The van der Waals surface area contributed by atoms with Crippen molar-refractivity contribution in [2.24, 2.45) is 11.7 Å². The van der Waals surface area contributed by atoms with E-state index in [4.69, 9.17) is 5.73 Å². The largest absolute Gasteiger partial charge is 0.329 e. The molecule has 124 valence electrons. The van der Waals surface area contributed by atoms with E-state index in [1.165, 1.54) is 0 Å². The van der Waals surface area contributed by atoms with Crippen molar-refractivity contribution < 1.29 is 8.42 Å². The Morgan fingerprint density at radius 3 is 2.48 bits per heavy atom. The lowest BCUT2D eigenvalue weighted by molar-refractivity contribution is 0.532. The lowest BCUT2D eigenvalue weighted by Crippen LogP contribution is -2.36. The van der Waals surface area contributed by atoms with Gasteiger partial charge >= 0.3 is 0 Å². The molecule has 0 aliphatic heterocycles. The fourth-order valence-electron chi connectivity index (χ4n) is 3.43. The van der Waals surface area contributed by atoms with E-state index in [-0.39, 0.29) is 18.3 Å². The molecule has 2 aromatic carbocycles. The predicted octanol–water partition coefficient (Wildman–Crippen LogP) is 2.95. The van der Waals surface area contributed by atoms with Crippen LogP contribution in [0.25, 0.3) is 10.8 Å². The first kappa shape index (κ1) is 16.4. The monoisotopic (exact) mass is 332 g/mol. The highest BCUT2D eigenvalue weighted by Gasteiger charge is 2.25. The van der Waals surface area contributed by atoms with E-state index in [0.29, 0.717) is 5.92 Å². The molecule has 1 aliphatic carbocycles. The highest BCUT2D eigenvalue weighted by Crippen LogP contribution is 2.26. The number of hydrogen-bond acceptors (Lipinski definition) is 3. The van der Waals surface area contributed by atoms with Gasteiger partial charge in [-0.2, -0.15) is 0 Å². The second-order valence-corrected chi connectivity index (χ2v) is 8.24. The Hall–Kier alpha value is -1.43. The molecule has 0 bridgehead atoms. The zero-order valence-electron chi connectivity index (χ0n) is 13.2. The third kappa shape index (κ3) is 4.10. The molecule has 2 aromatic rings. The van der Waals surface area contributed by atoms with E-state index < -0.39 is 10.0 Å². The predicted molar refractivity (Wildman–Crippen MR) is 94.6 cm³/mol. The summed E-state index contributed by atoms with van der Waals surface area (Å²) in [7, 11) is -3.31. The van der Waals surface area contributed by atoms with Crippen LogP contribution in [0, 0.1) is 5.92 Å². The molecule has 4 nitrogen and oxygen atoms in total. The van der Waals surface area contributed by atoms with Crippen LogP contribution in [0.5, 0.6) is 0 Å². The van der Waals surface area contributed by atoms with Crippen molar-refractivity contribution >= 4 is 20.8 Å². The molecule has 0 saturated heterocycles. The first-order chi connectivity index (χ1) is 11.1. The van der Waals surface area contributed by atoms with Crippen molar-refractivity contribution in [3.05, 3.63) is 48.0 Å². The Bertz CT molecular complexity index is 767. The molecular formula is C18H24N2O2S. The maximum atomic E-state index is 12.4. The van der Waals surface area contributed by atoms with Crippen LogP contribution in [0.3, 0.4) is 0 Å². The van der Waals surface area contributed by atoms with Gasteiger partial charge in [0.05, 0.1) is 11.8 Å². The SMILES string of the molecule is NCC(NS(=O)(=O)CC1CCCC1)c1ccc2ccccc2c1. The minimum absolute atomic E-state index is 0.219. The van der Waals surface area contributed by atoms with Crippen molar-refractivity contribution in [1.29, 1.82) is 0 Å². The van der Waals surface area contributed by atoms with Crippen LogP contribution in [0.1, 0.15) is 37.3 Å². The van der Waals surface area contributed by atoms with Crippen molar-refractivity contribution in [3.8, 4) is 0 Å². The second kappa shape index (κ2) is 6.99. The van der Waals surface area contributed by atoms with E-state index in [9.17, 15) is 8.42 Å². The lowest BCUT2D eigenvalue weighted by Gasteiger charge is -2.19. The topological polar surface area (TPSA) is 72.2 Å². The highest BCUT2D eigenvalue weighted by atomic mass is 32.2. The summed E-state index contributed by atoms with van der Waals surface area (Å²) in [6.07, 6.45) is 4.32. The second-order valence-electron chi connectivity index (χ2n) is 6.44. The minimum Gasteiger partial charge on any atom is -0.329 e. The molecule has 3 rings (SSSR count). The normalized spacial score (nSPS) is 17.6. The van der Waals surface area contributed by atoms with Gasteiger partial charge in [0.1, 0.15) is 0 Å². The zero-order valence-corrected chi connectivity index (χ0v) is 14.1. The van der Waals surface area contributed by atoms with Gasteiger partial charge in [-0.25, -0.2) is 13.1 Å². The standard InChI is InChI=1S/C18H24N2O2S/c19-12-18(20-23(21,22)13-14-5-1-2-6-14)17-10-9-15-7-3-4-8-16(15)11-17/h3-4,7-11,14,18,20H,1-2,5-6,12-13,19H2. The van der Waals surface area contributed by atoms with Crippen LogP contribution in [0.2, 0.25) is 0 Å². The number of nitrogens with one attached hydrogen (secondary N) is 1. The number of nitrogens with two attached hydrogens (primary N) is 1.